The number of aromatic nitrogens is 1. The van der Waals surface area contributed by atoms with Gasteiger partial charge in [0, 0.05) is 16.8 Å². The largest absolute Gasteiger partial charge is 0.507 e. The normalized spacial score (nSPS) is 11.4. The van der Waals surface area contributed by atoms with Gasteiger partial charge in [0.05, 0.1) is 11.3 Å². The molecule has 0 atom stereocenters. The van der Waals surface area contributed by atoms with Crippen LogP contribution in [-0.2, 0) is 0 Å². The Labute approximate surface area is 152 Å². The summed E-state index contributed by atoms with van der Waals surface area (Å²) in [5.41, 5.74) is 3.62. The van der Waals surface area contributed by atoms with Crippen LogP contribution in [0.2, 0.25) is 0 Å². The van der Waals surface area contributed by atoms with Crippen LogP contribution in [0.5, 0.6) is 5.75 Å². The Morgan fingerprint density at radius 1 is 1.00 bits per heavy atom. The first kappa shape index (κ1) is 15.6. The summed E-state index contributed by atoms with van der Waals surface area (Å²) in [5, 5.41) is 10.3. The fourth-order valence-corrected chi connectivity index (χ4v) is 2.73. The molecule has 0 spiro atoms. The second-order valence-electron chi connectivity index (χ2n) is 5.50. The van der Waals surface area contributed by atoms with Crippen molar-refractivity contribution in [2.24, 2.45) is 4.99 Å². The minimum Gasteiger partial charge on any atom is -0.507 e. The van der Waals surface area contributed by atoms with Gasteiger partial charge in [-0.3, -0.25) is 4.99 Å². The van der Waals surface area contributed by atoms with Crippen molar-refractivity contribution in [2.75, 3.05) is 0 Å². The minimum absolute atomic E-state index is 0.0806. The van der Waals surface area contributed by atoms with Crippen LogP contribution in [0.1, 0.15) is 5.56 Å². The molecule has 0 aliphatic heterocycles. The summed E-state index contributed by atoms with van der Waals surface area (Å²) in [6.07, 6.45) is 1.75. The molecule has 4 nitrogen and oxygen atoms in total. The van der Waals surface area contributed by atoms with Crippen molar-refractivity contribution in [3.05, 3.63) is 76.8 Å². The number of para-hydroxylation sites is 2. The molecule has 0 unspecified atom stereocenters. The minimum atomic E-state index is 0.0806. The van der Waals surface area contributed by atoms with E-state index in [1.807, 2.05) is 54.6 Å². The van der Waals surface area contributed by atoms with E-state index >= 15 is 0 Å². The third kappa shape index (κ3) is 3.32. The zero-order valence-corrected chi connectivity index (χ0v) is 14.6. The molecule has 0 amide bonds. The van der Waals surface area contributed by atoms with E-state index in [1.165, 1.54) is 0 Å². The molecule has 1 heterocycles. The van der Waals surface area contributed by atoms with Gasteiger partial charge in [-0.2, -0.15) is 0 Å². The molecular formula is C20H13BrN2O2. The first-order valence-electron chi connectivity index (χ1n) is 7.68. The van der Waals surface area contributed by atoms with Gasteiger partial charge in [-0.1, -0.05) is 40.2 Å². The number of benzene rings is 3. The van der Waals surface area contributed by atoms with Gasteiger partial charge in [-0.25, -0.2) is 4.98 Å². The molecule has 4 aromatic rings. The third-order valence-corrected chi connectivity index (χ3v) is 4.27. The number of hydrogen-bond acceptors (Lipinski definition) is 4. The van der Waals surface area contributed by atoms with Crippen LogP contribution in [0, 0.1) is 0 Å². The van der Waals surface area contributed by atoms with E-state index in [4.69, 9.17) is 4.42 Å². The van der Waals surface area contributed by atoms with Gasteiger partial charge in [0.2, 0.25) is 5.89 Å². The van der Waals surface area contributed by atoms with Crippen LogP contribution >= 0.6 is 15.9 Å². The SMILES string of the molecule is Oc1cc(N=Cc2ccc(Br)cc2)ccc1-c1nc2ccccc2o1. The molecule has 0 saturated heterocycles. The number of oxazole rings is 1. The second kappa shape index (κ2) is 6.53. The number of rotatable bonds is 3. The number of hydrogen-bond donors (Lipinski definition) is 1. The molecule has 1 N–H and O–H groups in total. The maximum absolute atomic E-state index is 10.3. The fourth-order valence-electron chi connectivity index (χ4n) is 2.47. The number of aromatic hydroxyl groups is 1. The Morgan fingerprint density at radius 2 is 1.80 bits per heavy atom. The Hall–Kier alpha value is -2.92. The lowest BCUT2D eigenvalue weighted by Gasteiger charge is -2.01. The van der Waals surface area contributed by atoms with Crippen LogP contribution in [0.3, 0.4) is 0 Å². The van der Waals surface area contributed by atoms with Gasteiger partial charge in [0.25, 0.3) is 0 Å². The van der Waals surface area contributed by atoms with Gasteiger partial charge in [-0.05, 0) is 42.0 Å². The maximum atomic E-state index is 10.3. The lowest BCUT2D eigenvalue weighted by Crippen LogP contribution is -1.81. The predicted octanol–water partition coefficient (Wildman–Crippen LogP) is 5.71. The van der Waals surface area contributed by atoms with Crippen molar-refractivity contribution in [1.29, 1.82) is 0 Å². The molecule has 0 saturated carbocycles. The predicted molar refractivity (Wildman–Crippen MR) is 103 cm³/mol. The Kier molecular flexibility index (Phi) is 4.07. The Bertz CT molecular complexity index is 1040. The summed E-state index contributed by atoms with van der Waals surface area (Å²) in [6, 6.07) is 20.5. The van der Waals surface area contributed by atoms with E-state index in [-0.39, 0.29) is 5.75 Å². The molecule has 0 radical (unpaired) electrons. The highest BCUT2D eigenvalue weighted by Crippen LogP contribution is 2.33. The average molecular weight is 393 g/mol. The molecule has 4 rings (SSSR count). The summed E-state index contributed by atoms with van der Waals surface area (Å²) in [4.78, 5) is 8.80. The topological polar surface area (TPSA) is 58.6 Å². The van der Waals surface area contributed by atoms with E-state index in [1.54, 1.807) is 18.3 Å². The molecule has 122 valence electrons. The summed E-state index contributed by atoms with van der Waals surface area (Å²) in [5.74, 6) is 0.471. The summed E-state index contributed by atoms with van der Waals surface area (Å²) < 4.78 is 6.72. The van der Waals surface area contributed by atoms with E-state index in [9.17, 15) is 5.11 Å². The molecule has 5 heteroatoms. The first-order valence-corrected chi connectivity index (χ1v) is 8.47. The van der Waals surface area contributed by atoms with E-state index < -0.39 is 0 Å². The maximum Gasteiger partial charge on any atom is 0.231 e. The van der Waals surface area contributed by atoms with Gasteiger partial charge < -0.3 is 9.52 Å². The van der Waals surface area contributed by atoms with Crippen LogP contribution in [-0.4, -0.2) is 16.3 Å². The molecule has 0 bridgehead atoms. The monoisotopic (exact) mass is 392 g/mol. The van der Waals surface area contributed by atoms with Gasteiger partial charge in [0.1, 0.15) is 11.3 Å². The number of halogens is 1. The fraction of sp³-hybridized carbons (Fsp3) is 0. The van der Waals surface area contributed by atoms with Crippen LogP contribution in [0.15, 0.2) is 80.6 Å². The van der Waals surface area contributed by atoms with Gasteiger partial charge >= 0.3 is 0 Å². The third-order valence-electron chi connectivity index (χ3n) is 3.74. The molecule has 1 aromatic heterocycles. The highest BCUT2D eigenvalue weighted by atomic mass is 79.9. The Morgan fingerprint density at radius 3 is 2.56 bits per heavy atom. The van der Waals surface area contributed by atoms with Crippen LogP contribution < -0.4 is 0 Å². The number of phenols is 1. The molecule has 25 heavy (non-hydrogen) atoms. The van der Waals surface area contributed by atoms with E-state index in [0.29, 0.717) is 22.7 Å². The van der Waals surface area contributed by atoms with Gasteiger partial charge in [-0.15, -0.1) is 0 Å². The zero-order valence-electron chi connectivity index (χ0n) is 13.1. The van der Waals surface area contributed by atoms with Crippen molar-refractivity contribution in [1.82, 2.24) is 4.98 Å². The molecule has 0 aliphatic rings. The van der Waals surface area contributed by atoms with Gasteiger partial charge in [0.15, 0.2) is 5.58 Å². The summed E-state index contributed by atoms with van der Waals surface area (Å²) >= 11 is 3.40. The van der Waals surface area contributed by atoms with Crippen molar-refractivity contribution in [2.45, 2.75) is 0 Å². The van der Waals surface area contributed by atoms with Crippen molar-refractivity contribution in [3.8, 4) is 17.2 Å². The quantitative estimate of drug-likeness (QED) is 0.454. The number of aliphatic imine (C=N–C) groups is 1. The van der Waals surface area contributed by atoms with Crippen molar-refractivity contribution in [3.63, 3.8) is 0 Å². The van der Waals surface area contributed by atoms with Crippen molar-refractivity contribution >= 4 is 38.9 Å². The molecule has 0 aliphatic carbocycles. The lowest BCUT2D eigenvalue weighted by atomic mass is 10.2. The first-order chi connectivity index (χ1) is 12.2. The summed E-state index contributed by atoms with van der Waals surface area (Å²) in [6.45, 7) is 0. The number of fused-ring (bicyclic) bond motifs is 1. The standard InChI is InChI=1S/C20H13BrN2O2/c21-14-7-5-13(6-8-14)12-22-15-9-10-16(18(24)11-15)20-23-17-3-1-2-4-19(17)25-20/h1-12,24H. The second-order valence-corrected chi connectivity index (χ2v) is 6.41. The molecule has 3 aromatic carbocycles. The lowest BCUT2D eigenvalue weighted by molar-refractivity contribution is 0.474. The molecule has 0 fully saturated rings. The summed E-state index contributed by atoms with van der Waals surface area (Å²) in [7, 11) is 0. The Balaban J connectivity index is 1.63. The zero-order chi connectivity index (χ0) is 17.2. The number of phenolic OH excluding ortho intramolecular Hbond substituents is 1. The molecular weight excluding hydrogens is 380 g/mol. The highest BCUT2D eigenvalue weighted by Gasteiger charge is 2.12. The van der Waals surface area contributed by atoms with Crippen LogP contribution in [0.4, 0.5) is 5.69 Å². The van der Waals surface area contributed by atoms with Crippen LogP contribution in [0.25, 0.3) is 22.6 Å². The average Bonchev–Trinajstić information content (AvgIpc) is 3.05. The smallest absolute Gasteiger partial charge is 0.231 e. The highest BCUT2D eigenvalue weighted by molar-refractivity contribution is 9.10. The number of nitrogens with zero attached hydrogens (tertiary/aromatic N) is 2. The van der Waals surface area contributed by atoms with Crippen molar-refractivity contribution < 1.29 is 9.52 Å². The van der Waals surface area contributed by atoms with E-state index in [0.717, 1.165) is 15.6 Å². The van der Waals surface area contributed by atoms with E-state index in [2.05, 4.69) is 25.9 Å².